The van der Waals surface area contributed by atoms with E-state index in [0.717, 1.165) is 0 Å². The van der Waals surface area contributed by atoms with Crippen molar-refractivity contribution >= 4 is 21.7 Å². The molecule has 0 radical (unpaired) electrons. The standard InChI is InChI=1S/C24H24N2O4S/c1-17(2)26-31(29,30)20-12-8-9-18(15-20)16-25-24(28)22-14-7-6-13-21(22)23(27)19-10-4-3-5-11-19/h3-15,17,26H,16H2,1-2H3,(H,25,28). The maximum absolute atomic E-state index is 12.8. The van der Waals surface area contributed by atoms with E-state index in [-0.39, 0.29) is 28.8 Å². The third-order valence-electron chi connectivity index (χ3n) is 4.50. The maximum atomic E-state index is 12.8. The van der Waals surface area contributed by atoms with Gasteiger partial charge in [0, 0.05) is 23.7 Å². The molecule has 0 aliphatic heterocycles. The average molecular weight is 437 g/mol. The van der Waals surface area contributed by atoms with Crippen LogP contribution >= 0.6 is 0 Å². The van der Waals surface area contributed by atoms with Crippen LogP contribution in [0.2, 0.25) is 0 Å². The zero-order valence-corrected chi connectivity index (χ0v) is 18.1. The van der Waals surface area contributed by atoms with Crippen LogP contribution in [0, 0.1) is 0 Å². The van der Waals surface area contributed by atoms with Gasteiger partial charge in [-0.25, -0.2) is 13.1 Å². The molecule has 0 saturated heterocycles. The number of amides is 1. The number of carbonyl (C=O) groups is 2. The molecule has 0 aliphatic carbocycles. The monoisotopic (exact) mass is 436 g/mol. The zero-order chi connectivity index (χ0) is 22.4. The van der Waals surface area contributed by atoms with Crippen molar-refractivity contribution in [3.8, 4) is 0 Å². The zero-order valence-electron chi connectivity index (χ0n) is 17.3. The van der Waals surface area contributed by atoms with Crippen LogP contribution in [0.4, 0.5) is 0 Å². The topological polar surface area (TPSA) is 92.3 Å². The van der Waals surface area contributed by atoms with E-state index >= 15 is 0 Å². The van der Waals surface area contributed by atoms with Gasteiger partial charge in [0.2, 0.25) is 10.0 Å². The van der Waals surface area contributed by atoms with Crippen molar-refractivity contribution in [1.82, 2.24) is 10.0 Å². The van der Waals surface area contributed by atoms with Gasteiger partial charge in [0.15, 0.2) is 5.78 Å². The lowest BCUT2D eigenvalue weighted by atomic mass is 9.98. The maximum Gasteiger partial charge on any atom is 0.252 e. The molecule has 31 heavy (non-hydrogen) atoms. The molecule has 1 amide bonds. The summed E-state index contributed by atoms with van der Waals surface area (Å²) >= 11 is 0. The Kier molecular flexibility index (Phi) is 6.99. The number of rotatable bonds is 8. The predicted molar refractivity (Wildman–Crippen MR) is 119 cm³/mol. The van der Waals surface area contributed by atoms with Gasteiger partial charge in [-0.2, -0.15) is 0 Å². The van der Waals surface area contributed by atoms with E-state index in [2.05, 4.69) is 10.0 Å². The van der Waals surface area contributed by atoms with Gasteiger partial charge in [0.1, 0.15) is 0 Å². The molecule has 0 spiro atoms. The van der Waals surface area contributed by atoms with Gasteiger partial charge in [0.05, 0.1) is 10.5 Å². The first-order valence-corrected chi connectivity index (χ1v) is 11.3. The van der Waals surface area contributed by atoms with Crippen molar-refractivity contribution in [2.75, 3.05) is 0 Å². The molecule has 160 valence electrons. The number of sulfonamides is 1. The molecular weight excluding hydrogens is 412 g/mol. The Bertz CT molecular complexity index is 1190. The van der Waals surface area contributed by atoms with Gasteiger partial charge >= 0.3 is 0 Å². The number of nitrogens with one attached hydrogen (secondary N) is 2. The SMILES string of the molecule is CC(C)NS(=O)(=O)c1cccc(CNC(=O)c2ccccc2C(=O)c2ccccc2)c1. The molecule has 3 aromatic carbocycles. The fourth-order valence-electron chi connectivity index (χ4n) is 3.10. The molecule has 0 aromatic heterocycles. The number of hydrogen-bond donors (Lipinski definition) is 2. The van der Waals surface area contributed by atoms with E-state index in [1.807, 2.05) is 6.07 Å². The Morgan fingerprint density at radius 2 is 1.48 bits per heavy atom. The molecule has 0 saturated carbocycles. The smallest absolute Gasteiger partial charge is 0.252 e. The van der Waals surface area contributed by atoms with Crippen molar-refractivity contribution in [3.63, 3.8) is 0 Å². The minimum Gasteiger partial charge on any atom is -0.348 e. The summed E-state index contributed by atoms with van der Waals surface area (Å²) in [5.74, 6) is -0.646. The Labute approximate surface area is 182 Å². The van der Waals surface area contributed by atoms with Crippen LogP contribution in [0.3, 0.4) is 0 Å². The van der Waals surface area contributed by atoms with E-state index in [4.69, 9.17) is 0 Å². The second-order valence-electron chi connectivity index (χ2n) is 7.35. The van der Waals surface area contributed by atoms with Crippen LogP contribution in [0.15, 0.2) is 83.8 Å². The van der Waals surface area contributed by atoms with E-state index in [9.17, 15) is 18.0 Å². The average Bonchev–Trinajstić information content (AvgIpc) is 2.77. The summed E-state index contributed by atoms with van der Waals surface area (Å²) in [5.41, 5.74) is 1.70. The summed E-state index contributed by atoms with van der Waals surface area (Å²) in [6.45, 7) is 3.61. The highest BCUT2D eigenvalue weighted by atomic mass is 32.2. The van der Waals surface area contributed by atoms with Crippen molar-refractivity contribution in [2.45, 2.75) is 31.3 Å². The lowest BCUT2D eigenvalue weighted by Gasteiger charge is -2.12. The highest BCUT2D eigenvalue weighted by molar-refractivity contribution is 7.89. The molecule has 0 bridgehead atoms. The minimum absolute atomic E-state index is 0.123. The molecule has 6 nitrogen and oxygen atoms in total. The number of ketones is 1. The molecular formula is C24H24N2O4S. The number of carbonyl (C=O) groups excluding carboxylic acids is 2. The normalized spacial score (nSPS) is 11.3. The Morgan fingerprint density at radius 1 is 0.839 bits per heavy atom. The van der Waals surface area contributed by atoms with Crippen molar-refractivity contribution < 1.29 is 18.0 Å². The van der Waals surface area contributed by atoms with Gasteiger partial charge in [-0.15, -0.1) is 0 Å². The predicted octanol–water partition coefficient (Wildman–Crippen LogP) is 3.53. The summed E-state index contributed by atoms with van der Waals surface area (Å²) in [4.78, 5) is 25.8. The first kappa shape index (κ1) is 22.4. The minimum atomic E-state index is -3.63. The van der Waals surface area contributed by atoms with Crippen molar-refractivity contribution in [2.24, 2.45) is 0 Å². The van der Waals surface area contributed by atoms with Gasteiger partial charge in [0.25, 0.3) is 5.91 Å². The molecule has 0 unspecified atom stereocenters. The molecule has 0 atom stereocenters. The van der Waals surface area contributed by atoms with E-state index < -0.39 is 15.9 Å². The van der Waals surface area contributed by atoms with Gasteiger partial charge < -0.3 is 5.32 Å². The van der Waals surface area contributed by atoms with Crippen LogP contribution in [-0.4, -0.2) is 26.2 Å². The Balaban J connectivity index is 1.77. The highest BCUT2D eigenvalue weighted by Crippen LogP contribution is 2.16. The molecule has 3 aromatic rings. The van der Waals surface area contributed by atoms with Crippen LogP contribution in [0.5, 0.6) is 0 Å². The molecule has 0 aliphatic rings. The summed E-state index contributed by atoms with van der Waals surface area (Å²) in [7, 11) is -3.63. The third-order valence-corrected chi connectivity index (χ3v) is 6.16. The fourth-order valence-corrected chi connectivity index (χ4v) is 4.42. The molecule has 2 N–H and O–H groups in total. The summed E-state index contributed by atoms with van der Waals surface area (Å²) in [5, 5.41) is 2.78. The van der Waals surface area contributed by atoms with Crippen LogP contribution in [-0.2, 0) is 16.6 Å². The Morgan fingerprint density at radius 3 is 2.16 bits per heavy atom. The lowest BCUT2D eigenvalue weighted by Crippen LogP contribution is -2.30. The summed E-state index contributed by atoms with van der Waals surface area (Å²) < 4.78 is 27.3. The third kappa shape index (κ3) is 5.65. The van der Waals surface area contributed by atoms with Gasteiger partial charge in [-0.3, -0.25) is 9.59 Å². The molecule has 7 heteroatoms. The lowest BCUT2D eigenvalue weighted by molar-refractivity contribution is 0.0939. The van der Waals surface area contributed by atoms with Crippen molar-refractivity contribution in [1.29, 1.82) is 0 Å². The molecule has 0 fully saturated rings. The van der Waals surface area contributed by atoms with Crippen molar-refractivity contribution in [3.05, 3.63) is 101 Å². The van der Waals surface area contributed by atoms with E-state index in [1.165, 1.54) is 12.1 Å². The first-order chi connectivity index (χ1) is 14.8. The van der Waals surface area contributed by atoms with E-state index in [1.54, 1.807) is 74.5 Å². The first-order valence-electron chi connectivity index (χ1n) is 9.86. The second-order valence-corrected chi connectivity index (χ2v) is 9.06. The molecule has 3 rings (SSSR count). The van der Waals surface area contributed by atoms with Gasteiger partial charge in [-0.05, 0) is 37.6 Å². The molecule has 0 heterocycles. The largest absolute Gasteiger partial charge is 0.348 e. The second kappa shape index (κ2) is 9.68. The Hall–Kier alpha value is -3.29. The quantitative estimate of drug-likeness (QED) is 0.529. The van der Waals surface area contributed by atoms with Gasteiger partial charge in [-0.1, -0.05) is 60.7 Å². The van der Waals surface area contributed by atoms with E-state index in [0.29, 0.717) is 16.7 Å². The summed E-state index contributed by atoms with van der Waals surface area (Å²) in [6, 6.07) is 21.5. The van der Waals surface area contributed by atoms with Crippen LogP contribution in [0.25, 0.3) is 0 Å². The number of benzene rings is 3. The van der Waals surface area contributed by atoms with Crippen LogP contribution < -0.4 is 10.0 Å². The fraction of sp³-hybridized carbons (Fsp3) is 0.167. The highest BCUT2D eigenvalue weighted by Gasteiger charge is 2.19. The number of hydrogen-bond acceptors (Lipinski definition) is 4. The summed E-state index contributed by atoms with van der Waals surface area (Å²) in [6.07, 6.45) is 0. The van der Waals surface area contributed by atoms with Crippen LogP contribution in [0.1, 0.15) is 45.7 Å².